The molecule has 0 bridgehead atoms. The number of benzene rings is 1. The van der Waals surface area contributed by atoms with Gasteiger partial charge in [-0.1, -0.05) is 12.1 Å². The molecule has 2 heterocycles. The summed E-state index contributed by atoms with van der Waals surface area (Å²) >= 11 is 0. The van der Waals surface area contributed by atoms with Crippen LogP contribution in [0.2, 0.25) is 0 Å². The van der Waals surface area contributed by atoms with Gasteiger partial charge in [-0.25, -0.2) is 0 Å². The summed E-state index contributed by atoms with van der Waals surface area (Å²) in [6.45, 7) is 3.05. The van der Waals surface area contributed by atoms with E-state index in [1.54, 1.807) is 29.1 Å². The SMILES string of the molecule is CCn1cc(CNC(=O)c2ccc(COc3ccccc3[N+](=O)[O-])o2)cn1. The van der Waals surface area contributed by atoms with E-state index in [0.717, 1.165) is 12.1 Å². The Hall–Kier alpha value is -3.62. The third kappa shape index (κ3) is 4.51. The maximum absolute atomic E-state index is 12.2. The van der Waals surface area contributed by atoms with E-state index in [-0.39, 0.29) is 29.7 Å². The van der Waals surface area contributed by atoms with Gasteiger partial charge in [0.05, 0.1) is 11.1 Å². The van der Waals surface area contributed by atoms with Crippen molar-refractivity contribution in [2.75, 3.05) is 0 Å². The molecule has 0 saturated heterocycles. The second-order valence-corrected chi connectivity index (χ2v) is 5.67. The Balaban J connectivity index is 1.56. The van der Waals surface area contributed by atoms with Crippen LogP contribution in [-0.2, 0) is 19.7 Å². The van der Waals surface area contributed by atoms with Gasteiger partial charge in [0.15, 0.2) is 11.5 Å². The molecule has 1 aromatic carbocycles. The standard InChI is InChI=1S/C18H18N4O5/c1-2-21-11-13(10-20-21)9-19-18(23)17-8-7-14(27-17)12-26-16-6-4-3-5-15(16)22(24)25/h3-8,10-11H,2,9,12H2,1H3,(H,19,23). The lowest BCUT2D eigenvalue weighted by Crippen LogP contribution is -2.22. The maximum Gasteiger partial charge on any atom is 0.310 e. The van der Waals surface area contributed by atoms with Crippen LogP contribution in [0.15, 0.2) is 53.2 Å². The van der Waals surface area contributed by atoms with Crippen LogP contribution < -0.4 is 10.1 Å². The number of carbonyl (C=O) groups is 1. The molecule has 2 aromatic heterocycles. The number of nitrogens with one attached hydrogen (secondary N) is 1. The molecule has 1 amide bonds. The van der Waals surface area contributed by atoms with Crippen LogP contribution in [0, 0.1) is 10.1 Å². The fourth-order valence-corrected chi connectivity index (χ4v) is 2.40. The van der Waals surface area contributed by atoms with Gasteiger partial charge in [0, 0.05) is 30.9 Å². The Morgan fingerprint density at radius 1 is 1.33 bits per heavy atom. The first-order valence-electron chi connectivity index (χ1n) is 8.31. The predicted octanol–water partition coefficient (Wildman–Crippen LogP) is 2.91. The first-order chi connectivity index (χ1) is 13.1. The number of rotatable bonds is 8. The van der Waals surface area contributed by atoms with Crippen molar-refractivity contribution in [2.24, 2.45) is 0 Å². The van der Waals surface area contributed by atoms with Gasteiger partial charge >= 0.3 is 5.69 Å². The third-order valence-corrected chi connectivity index (χ3v) is 3.78. The minimum Gasteiger partial charge on any atom is -0.479 e. The van der Waals surface area contributed by atoms with Crippen LogP contribution in [0.25, 0.3) is 0 Å². The molecule has 3 rings (SSSR count). The maximum atomic E-state index is 12.2. The predicted molar refractivity (Wildman–Crippen MR) is 95.2 cm³/mol. The lowest BCUT2D eigenvalue weighted by Gasteiger charge is -2.04. The number of amides is 1. The summed E-state index contributed by atoms with van der Waals surface area (Å²) in [4.78, 5) is 22.6. The Bertz CT molecular complexity index is 947. The zero-order valence-corrected chi connectivity index (χ0v) is 14.6. The first-order valence-corrected chi connectivity index (χ1v) is 8.31. The lowest BCUT2D eigenvalue weighted by atomic mass is 10.3. The molecule has 0 atom stereocenters. The van der Waals surface area contributed by atoms with E-state index in [2.05, 4.69) is 10.4 Å². The van der Waals surface area contributed by atoms with E-state index in [0.29, 0.717) is 12.3 Å². The highest BCUT2D eigenvalue weighted by Crippen LogP contribution is 2.26. The van der Waals surface area contributed by atoms with Crippen molar-refractivity contribution in [3.63, 3.8) is 0 Å². The van der Waals surface area contributed by atoms with Crippen molar-refractivity contribution >= 4 is 11.6 Å². The van der Waals surface area contributed by atoms with Crippen LogP contribution in [-0.4, -0.2) is 20.6 Å². The number of aromatic nitrogens is 2. The molecule has 140 valence electrons. The smallest absolute Gasteiger partial charge is 0.310 e. The topological polar surface area (TPSA) is 112 Å². The molecule has 9 heteroatoms. The lowest BCUT2D eigenvalue weighted by molar-refractivity contribution is -0.386. The monoisotopic (exact) mass is 370 g/mol. The average Bonchev–Trinajstić information content (AvgIpc) is 3.34. The highest BCUT2D eigenvalue weighted by molar-refractivity contribution is 5.91. The Kier molecular flexibility index (Phi) is 5.50. The largest absolute Gasteiger partial charge is 0.479 e. The van der Waals surface area contributed by atoms with Crippen molar-refractivity contribution in [2.45, 2.75) is 26.6 Å². The normalized spacial score (nSPS) is 10.6. The van der Waals surface area contributed by atoms with Crippen LogP contribution in [0.5, 0.6) is 5.75 Å². The van der Waals surface area contributed by atoms with Crippen LogP contribution in [0.1, 0.15) is 28.8 Å². The molecule has 9 nitrogen and oxygen atoms in total. The van der Waals surface area contributed by atoms with Gasteiger partial charge < -0.3 is 14.5 Å². The van der Waals surface area contributed by atoms with Crippen LogP contribution >= 0.6 is 0 Å². The molecule has 3 aromatic rings. The van der Waals surface area contributed by atoms with Crippen molar-refractivity contribution < 1.29 is 18.9 Å². The van der Waals surface area contributed by atoms with Gasteiger partial charge in [0.25, 0.3) is 5.91 Å². The highest BCUT2D eigenvalue weighted by atomic mass is 16.6. The molecule has 1 N–H and O–H groups in total. The summed E-state index contributed by atoms with van der Waals surface area (Å²) in [5.74, 6) is 0.296. The van der Waals surface area contributed by atoms with E-state index in [4.69, 9.17) is 9.15 Å². The Labute approximate surface area is 154 Å². The number of aryl methyl sites for hydroxylation is 1. The van der Waals surface area contributed by atoms with Gasteiger partial charge in [-0.05, 0) is 25.1 Å². The van der Waals surface area contributed by atoms with E-state index in [1.807, 2.05) is 13.1 Å². The Morgan fingerprint density at radius 3 is 2.89 bits per heavy atom. The highest BCUT2D eigenvalue weighted by Gasteiger charge is 2.16. The second kappa shape index (κ2) is 8.17. The molecule has 27 heavy (non-hydrogen) atoms. The fourth-order valence-electron chi connectivity index (χ4n) is 2.40. The number of para-hydroxylation sites is 2. The number of ether oxygens (including phenoxy) is 1. The van der Waals surface area contributed by atoms with Gasteiger partial charge in [-0.3, -0.25) is 19.6 Å². The third-order valence-electron chi connectivity index (χ3n) is 3.78. The number of nitrogens with zero attached hydrogens (tertiary/aromatic N) is 3. The second-order valence-electron chi connectivity index (χ2n) is 5.67. The molecule has 0 fully saturated rings. The van der Waals surface area contributed by atoms with E-state index < -0.39 is 4.92 Å². The minimum atomic E-state index is -0.517. The molecular formula is C18H18N4O5. The summed E-state index contributed by atoms with van der Waals surface area (Å²) in [5.41, 5.74) is 0.756. The molecule has 0 unspecified atom stereocenters. The summed E-state index contributed by atoms with van der Waals surface area (Å²) in [7, 11) is 0. The molecule has 0 aliphatic heterocycles. The molecule has 0 aliphatic rings. The number of nitro benzene ring substituents is 1. The molecule has 0 saturated carbocycles. The van der Waals surface area contributed by atoms with Gasteiger partial charge in [0.1, 0.15) is 12.4 Å². The van der Waals surface area contributed by atoms with Crippen molar-refractivity contribution in [1.82, 2.24) is 15.1 Å². The summed E-state index contributed by atoms with van der Waals surface area (Å²) in [6, 6.07) is 9.19. The van der Waals surface area contributed by atoms with Crippen LogP contribution in [0.4, 0.5) is 5.69 Å². The summed E-state index contributed by atoms with van der Waals surface area (Å²) < 4.78 is 12.7. The fraction of sp³-hybridized carbons (Fsp3) is 0.222. The number of hydrogen-bond donors (Lipinski definition) is 1. The zero-order valence-electron chi connectivity index (χ0n) is 14.6. The van der Waals surface area contributed by atoms with Gasteiger partial charge in [-0.15, -0.1) is 0 Å². The molecular weight excluding hydrogens is 352 g/mol. The minimum absolute atomic E-state index is 0.0264. The average molecular weight is 370 g/mol. The van der Waals surface area contributed by atoms with Gasteiger partial charge in [-0.2, -0.15) is 5.10 Å². The van der Waals surface area contributed by atoms with E-state index in [1.165, 1.54) is 18.2 Å². The molecule has 0 spiro atoms. The first kappa shape index (κ1) is 18.2. The van der Waals surface area contributed by atoms with Crippen molar-refractivity contribution in [1.29, 1.82) is 0 Å². The van der Waals surface area contributed by atoms with Crippen LogP contribution in [0.3, 0.4) is 0 Å². The molecule has 0 aliphatic carbocycles. The Morgan fingerprint density at radius 2 is 2.15 bits per heavy atom. The zero-order chi connectivity index (χ0) is 19.2. The number of furan rings is 1. The number of carbonyl (C=O) groups excluding carboxylic acids is 1. The number of nitro groups is 1. The molecule has 0 radical (unpaired) electrons. The number of hydrogen-bond acceptors (Lipinski definition) is 6. The van der Waals surface area contributed by atoms with Gasteiger partial charge in [0.2, 0.25) is 0 Å². The van der Waals surface area contributed by atoms with E-state index in [9.17, 15) is 14.9 Å². The summed E-state index contributed by atoms with van der Waals surface area (Å²) in [6.07, 6.45) is 3.55. The van der Waals surface area contributed by atoms with Crippen molar-refractivity contribution in [3.8, 4) is 5.75 Å². The summed E-state index contributed by atoms with van der Waals surface area (Å²) in [5, 5.41) is 17.9. The van der Waals surface area contributed by atoms with E-state index >= 15 is 0 Å². The quantitative estimate of drug-likeness (QED) is 0.482. The van der Waals surface area contributed by atoms with Crippen molar-refractivity contribution in [3.05, 3.63) is 76.0 Å².